The molecular weight excluding hydrogens is 462 g/mol. The number of fused-ring (bicyclic) bond motifs is 5. The van der Waals surface area contributed by atoms with E-state index < -0.39 is 0 Å². The second-order valence-corrected chi connectivity index (χ2v) is 12.7. The molecule has 0 bridgehead atoms. The number of benzene rings is 1. The van der Waals surface area contributed by atoms with Gasteiger partial charge in [-0.15, -0.1) is 0 Å². The van der Waals surface area contributed by atoms with Crippen molar-refractivity contribution in [3.8, 4) is 0 Å². The standard InChI is InChI=1S/C32H41NO4/c1-20(34)26-11-12-27-24-10-9-22-17-23(35)15-16-31(22,2)30(24)25(18-32(26,27)3)28(36)13-14-29(37)33-19-21-7-5-4-6-8-21/h4-8,17,24-27,30H,9-16,18-19H2,1-3H3,(H,33,37)/t24-,25-,26+,27-,30+,31-,32+/m0/s1. The van der Waals surface area contributed by atoms with E-state index in [2.05, 4.69) is 19.2 Å². The fourth-order valence-corrected chi connectivity index (χ4v) is 9.03. The Morgan fingerprint density at radius 2 is 1.76 bits per heavy atom. The van der Waals surface area contributed by atoms with Crippen molar-refractivity contribution in [2.45, 2.75) is 85.1 Å². The highest BCUT2D eigenvalue weighted by molar-refractivity contribution is 5.92. The van der Waals surface area contributed by atoms with Crippen LogP contribution in [0.25, 0.3) is 0 Å². The minimum Gasteiger partial charge on any atom is -0.352 e. The molecule has 4 aliphatic carbocycles. The summed E-state index contributed by atoms with van der Waals surface area (Å²) in [6.07, 6.45) is 8.25. The van der Waals surface area contributed by atoms with Crippen molar-refractivity contribution in [2.75, 3.05) is 0 Å². The number of hydrogen-bond acceptors (Lipinski definition) is 4. The summed E-state index contributed by atoms with van der Waals surface area (Å²) >= 11 is 0. The predicted molar refractivity (Wildman–Crippen MR) is 142 cm³/mol. The van der Waals surface area contributed by atoms with E-state index in [-0.39, 0.29) is 64.7 Å². The Morgan fingerprint density at radius 3 is 2.49 bits per heavy atom. The zero-order chi connectivity index (χ0) is 26.4. The minimum atomic E-state index is -0.171. The van der Waals surface area contributed by atoms with Crippen LogP contribution < -0.4 is 5.32 Å². The molecule has 5 heteroatoms. The summed E-state index contributed by atoms with van der Waals surface area (Å²) in [6.45, 7) is 6.73. The topological polar surface area (TPSA) is 80.3 Å². The molecule has 7 atom stereocenters. The number of Topliss-reactive ketones (excluding diaryl/α,β-unsaturated/α-hetero) is 2. The third-order valence-electron chi connectivity index (χ3n) is 10.8. The molecule has 0 spiro atoms. The molecule has 5 nitrogen and oxygen atoms in total. The molecule has 1 N–H and O–H groups in total. The molecule has 0 saturated heterocycles. The molecule has 1 aromatic rings. The van der Waals surface area contributed by atoms with Gasteiger partial charge in [0.15, 0.2) is 5.78 Å². The van der Waals surface area contributed by atoms with E-state index in [1.54, 1.807) is 6.92 Å². The lowest BCUT2D eigenvalue weighted by molar-refractivity contribution is -0.147. The lowest BCUT2D eigenvalue weighted by Crippen LogP contribution is -2.56. The first-order chi connectivity index (χ1) is 17.6. The van der Waals surface area contributed by atoms with Crippen molar-refractivity contribution in [1.29, 1.82) is 0 Å². The van der Waals surface area contributed by atoms with E-state index >= 15 is 0 Å². The molecule has 5 rings (SSSR count). The third-order valence-corrected chi connectivity index (χ3v) is 10.8. The van der Waals surface area contributed by atoms with E-state index in [1.165, 1.54) is 5.57 Å². The molecule has 1 amide bonds. The highest BCUT2D eigenvalue weighted by Gasteiger charge is 2.63. The highest BCUT2D eigenvalue weighted by Crippen LogP contribution is 2.68. The average Bonchev–Trinajstić information content (AvgIpc) is 3.23. The van der Waals surface area contributed by atoms with Gasteiger partial charge in [0.2, 0.25) is 5.91 Å². The van der Waals surface area contributed by atoms with E-state index in [1.807, 2.05) is 36.4 Å². The highest BCUT2D eigenvalue weighted by atomic mass is 16.2. The number of carbonyl (C=O) groups excluding carboxylic acids is 4. The lowest BCUT2D eigenvalue weighted by atomic mass is 9.43. The van der Waals surface area contributed by atoms with Crippen molar-refractivity contribution in [3.63, 3.8) is 0 Å². The van der Waals surface area contributed by atoms with Gasteiger partial charge in [-0.3, -0.25) is 19.2 Å². The largest absolute Gasteiger partial charge is 0.352 e. The van der Waals surface area contributed by atoms with Crippen LogP contribution in [0.4, 0.5) is 0 Å². The number of ketones is 3. The van der Waals surface area contributed by atoms with Crippen LogP contribution >= 0.6 is 0 Å². The molecule has 3 saturated carbocycles. The molecule has 1 aromatic carbocycles. The predicted octanol–water partition coefficient (Wildman–Crippen LogP) is 5.62. The van der Waals surface area contributed by atoms with Crippen molar-refractivity contribution >= 4 is 23.3 Å². The van der Waals surface area contributed by atoms with Crippen molar-refractivity contribution < 1.29 is 19.2 Å². The van der Waals surface area contributed by atoms with E-state index in [0.29, 0.717) is 24.8 Å². The molecule has 0 unspecified atom stereocenters. The number of allylic oxidation sites excluding steroid dienone is 1. The summed E-state index contributed by atoms with van der Waals surface area (Å²) in [4.78, 5) is 51.6. The Kier molecular flexibility index (Phi) is 7.02. The maximum atomic E-state index is 14.0. The van der Waals surface area contributed by atoms with Crippen LogP contribution in [0.1, 0.15) is 84.1 Å². The monoisotopic (exact) mass is 503 g/mol. The van der Waals surface area contributed by atoms with Crippen LogP contribution in [0, 0.1) is 40.4 Å². The zero-order valence-electron chi connectivity index (χ0n) is 22.6. The average molecular weight is 504 g/mol. The lowest BCUT2D eigenvalue weighted by Gasteiger charge is -2.60. The third kappa shape index (κ3) is 4.64. The maximum Gasteiger partial charge on any atom is 0.220 e. The van der Waals surface area contributed by atoms with Crippen molar-refractivity contribution in [2.24, 2.45) is 40.4 Å². The van der Waals surface area contributed by atoms with Crippen LogP contribution in [-0.2, 0) is 25.7 Å². The van der Waals surface area contributed by atoms with Gasteiger partial charge in [0.25, 0.3) is 0 Å². The molecule has 0 heterocycles. The minimum absolute atomic E-state index is 0.0144. The quantitative estimate of drug-likeness (QED) is 0.524. The smallest absolute Gasteiger partial charge is 0.220 e. The molecule has 0 aromatic heterocycles. The summed E-state index contributed by atoms with van der Waals surface area (Å²) in [6, 6.07) is 9.79. The summed E-state index contributed by atoms with van der Waals surface area (Å²) in [5.74, 6) is 1.38. The van der Waals surface area contributed by atoms with Crippen molar-refractivity contribution in [3.05, 3.63) is 47.5 Å². The number of hydrogen-bond donors (Lipinski definition) is 1. The first kappa shape index (κ1) is 26.1. The zero-order valence-corrected chi connectivity index (χ0v) is 22.6. The molecule has 4 aliphatic rings. The number of carbonyl (C=O) groups is 4. The summed E-state index contributed by atoms with van der Waals surface area (Å²) in [5, 5.41) is 2.96. The first-order valence-electron chi connectivity index (χ1n) is 14.2. The van der Waals surface area contributed by atoms with Crippen LogP contribution in [0.5, 0.6) is 0 Å². The van der Waals surface area contributed by atoms with Crippen LogP contribution in [0.15, 0.2) is 42.0 Å². The fourth-order valence-electron chi connectivity index (χ4n) is 9.03. The maximum absolute atomic E-state index is 14.0. The van der Waals surface area contributed by atoms with Gasteiger partial charge in [0.1, 0.15) is 11.6 Å². The number of nitrogens with one attached hydrogen (secondary N) is 1. The van der Waals surface area contributed by atoms with E-state index in [9.17, 15) is 19.2 Å². The Balaban J connectivity index is 1.37. The second kappa shape index (κ2) is 9.96. The van der Waals surface area contributed by atoms with Gasteiger partial charge >= 0.3 is 0 Å². The van der Waals surface area contributed by atoms with Gasteiger partial charge in [-0.05, 0) is 85.7 Å². The van der Waals surface area contributed by atoms with Gasteiger partial charge in [-0.1, -0.05) is 49.8 Å². The normalized spacial score (nSPS) is 36.6. The van der Waals surface area contributed by atoms with Crippen LogP contribution in [-0.4, -0.2) is 23.3 Å². The Hall–Kier alpha value is -2.56. The van der Waals surface area contributed by atoms with Crippen LogP contribution in [0.2, 0.25) is 0 Å². The van der Waals surface area contributed by atoms with E-state index in [0.717, 1.165) is 44.1 Å². The number of rotatable bonds is 7. The summed E-state index contributed by atoms with van der Waals surface area (Å²) in [7, 11) is 0. The molecule has 0 aliphatic heterocycles. The van der Waals surface area contributed by atoms with Gasteiger partial charge < -0.3 is 5.32 Å². The van der Waals surface area contributed by atoms with Gasteiger partial charge in [-0.2, -0.15) is 0 Å². The Morgan fingerprint density at radius 1 is 1.00 bits per heavy atom. The molecular formula is C32H41NO4. The Labute approximate surface area is 220 Å². The van der Waals surface area contributed by atoms with Crippen LogP contribution in [0.3, 0.4) is 0 Å². The van der Waals surface area contributed by atoms with Gasteiger partial charge in [0.05, 0.1) is 0 Å². The first-order valence-corrected chi connectivity index (χ1v) is 14.2. The van der Waals surface area contributed by atoms with Gasteiger partial charge in [0, 0.05) is 37.6 Å². The summed E-state index contributed by atoms with van der Waals surface area (Å²) < 4.78 is 0. The fraction of sp³-hybridized carbons (Fsp3) is 0.625. The SMILES string of the molecule is CC(=O)[C@H]1CC[C@H]2[C@@H]3CCC4=CC(=O)CC[C@]4(C)[C@H]3[C@H](C(=O)CCC(=O)NCc3ccccc3)C[C@]12C. The van der Waals surface area contributed by atoms with Crippen molar-refractivity contribution in [1.82, 2.24) is 5.32 Å². The number of amides is 1. The molecule has 3 fully saturated rings. The van der Waals surface area contributed by atoms with E-state index in [4.69, 9.17) is 0 Å². The second-order valence-electron chi connectivity index (χ2n) is 12.7. The van der Waals surface area contributed by atoms with Gasteiger partial charge in [-0.25, -0.2) is 0 Å². The summed E-state index contributed by atoms with van der Waals surface area (Å²) in [5.41, 5.74) is 1.95. The molecule has 198 valence electrons. The Bertz CT molecular complexity index is 1120. The molecule has 37 heavy (non-hydrogen) atoms. The molecule has 0 radical (unpaired) electrons.